The highest BCUT2D eigenvalue weighted by atomic mass is 16.2. The minimum atomic E-state index is 0.0706. The number of anilines is 1. The normalized spacial score (nSPS) is 19.9. The van der Waals surface area contributed by atoms with Gasteiger partial charge in [-0.3, -0.25) is 4.79 Å². The molecule has 5 nitrogen and oxygen atoms in total. The standard InChI is InChI=1S/C17H26N4O/c1-14-13-15(16(22)20-9-7-4-8-10-20)19-17(18-14)21-11-5-2-3-6-12-21/h13H,2-12H2,1H3. The summed E-state index contributed by atoms with van der Waals surface area (Å²) in [4.78, 5) is 26.0. The molecule has 2 fully saturated rings. The van der Waals surface area contributed by atoms with Crippen molar-refractivity contribution >= 4 is 11.9 Å². The highest BCUT2D eigenvalue weighted by molar-refractivity contribution is 5.92. The number of hydrogen-bond acceptors (Lipinski definition) is 4. The Morgan fingerprint density at radius 2 is 1.50 bits per heavy atom. The van der Waals surface area contributed by atoms with Crippen molar-refractivity contribution in [2.45, 2.75) is 51.9 Å². The zero-order valence-corrected chi connectivity index (χ0v) is 13.6. The zero-order chi connectivity index (χ0) is 15.4. The largest absolute Gasteiger partial charge is 0.341 e. The van der Waals surface area contributed by atoms with E-state index in [1.165, 1.54) is 32.1 Å². The van der Waals surface area contributed by atoms with Crippen molar-refractivity contribution in [3.63, 3.8) is 0 Å². The molecule has 1 aromatic rings. The van der Waals surface area contributed by atoms with Crippen LogP contribution in [0.15, 0.2) is 6.07 Å². The van der Waals surface area contributed by atoms with Crippen LogP contribution in [0.1, 0.15) is 61.1 Å². The number of likely N-dealkylation sites (tertiary alicyclic amines) is 1. The van der Waals surface area contributed by atoms with Gasteiger partial charge in [-0.1, -0.05) is 12.8 Å². The van der Waals surface area contributed by atoms with Crippen LogP contribution in [0.2, 0.25) is 0 Å². The number of rotatable bonds is 2. The first-order valence-electron chi connectivity index (χ1n) is 8.64. The molecule has 1 amide bonds. The highest BCUT2D eigenvalue weighted by Gasteiger charge is 2.22. The number of nitrogens with zero attached hydrogens (tertiary/aromatic N) is 4. The Hall–Kier alpha value is -1.65. The lowest BCUT2D eigenvalue weighted by molar-refractivity contribution is 0.0718. The molecular formula is C17H26N4O. The molecule has 0 bridgehead atoms. The van der Waals surface area contributed by atoms with Crippen molar-refractivity contribution < 1.29 is 4.79 Å². The van der Waals surface area contributed by atoms with Gasteiger partial charge in [-0.25, -0.2) is 9.97 Å². The molecule has 0 aromatic carbocycles. The first kappa shape index (κ1) is 15.3. The molecule has 2 saturated heterocycles. The fourth-order valence-corrected chi connectivity index (χ4v) is 3.33. The Balaban J connectivity index is 1.80. The van der Waals surface area contributed by atoms with Gasteiger partial charge in [-0.2, -0.15) is 0 Å². The van der Waals surface area contributed by atoms with Gasteiger partial charge >= 0.3 is 0 Å². The van der Waals surface area contributed by atoms with Crippen LogP contribution >= 0.6 is 0 Å². The Labute approximate surface area is 132 Å². The van der Waals surface area contributed by atoms with E-state index in [4.69, 9.17) is 0 Å². The Bertz CT molecular complexity index is 517. The molecule has 0 radical (unpaired) electrons. The van der Waals surface area contributed by atoms with Crippen LogP contribution < -0.4 is 4.90 Å². The van der Waals surface area contributed by atoms with Gasteiger partial charge in [0.15, 0.2) is 0 Å². The van der Waals surface area contributed by atoms with E-state index >= 15 is 0 Å². The van der Waals surface area contributed by atoms with Crippen molar-refractivity contribution in [1.29, 1.82) is 0 Å². The molecule has 22 heavy (non-hydrogen) atoms. The average Bonchev–Trinajstić information content (AvgIpc) is 2.84. The Morgan fingerprint density at radius 1 is 0.909 bits per heavy atom. The predicted octanol–water partition coefficient (Wildman–Crippen LogP) is 2.79. The van der Waals surface area contributed by atoms with Gasteiger partial charge < -0.3 is 9.80 Å². The summed E-state index contributed by atoms with van der Waals surface area (Å²) >= 11 is 0. The summed E-state index contributed by atoms with van der Waals surface area (Å²) in [7, 11) is 0. The summed E-state index contributed by atoms with van der Waals surface area (Å²) in [6, 6.07) is 1.83. The van der Waals surface area contributed by atoms with Gasteiger partial charge in [0.1, 0.15) is 5.69 Å². The molecule has 120 valence electrons. The number of amides is 1. The van der Waals surface area contributed by atoms with Crippen molar-refractivity contribution in [3.8, 4) is 0 Å². The summed E-state index contributed by atoms with van der Waals surface area (Å²) in [6.07, 6.45) is 8.37. The van der Waals surface area contributed by atoms with Crippen LogP contribution in [0.4, 0.5) is 5.95 Å². The molecule has 0 aliphatic carbocycles. The predicted molar refractivity (Wildman–Crippen MR) is 87.2 cm³/mol. The topological polar surface area (TPSA) is 49.3 Å². The molecule has 0 unspecified atom stereocenters. The van der Waals surface area contributed by atoms with E-state index in [-0.39, 0.29) is 5.91 Å². The lowest BCUT2D eigenvalue weighted by atomic mass is 10.1. The second-order valence-electron chi connectivity index (χ2n) is 6.45. The third kappa shape index (κ3) is 3.57. The lowest BCUT2D eigenvalue weighted by Gasteiger charge is -2.27. The van der Waals surface area contributed by atoms with Gasteiger partial charge in [0.05, 0.1) is 0 Å². The molecule has 2 aliphatic heterocycles. The number of aromatic nitrogens is 2. The number of carbonyl (C=O) groups excluding carboxylic acids is 1. The lowest BCUT2D eigenvalue weighted by Crippen LogP contribution is -2.36. The fraction of sp³-hybridized carbons (Fsp3) is 0.706. The van der Waals surface area contributed by atoms with E-state index < -0.39 is 0 Å². The molecule has 0 saturated carbocycles. The van der Waals surface area contributed by atoms with Crippen LogP contribution in [-0.4, -0.2) is 47.0 Å². The van der Waals surface area contributed by atoms with E-state index in [0.717, 1.165) is 50.7 Å². The van der Waals surface area contributed by atoms with Crippen molar-refractivity contribution in [1.82, 2.24) is 14.9 Å². The summed E-state index contributed by atoms with van der Waals surface area (Å²) in [6.45, 7) is 5.68. The summed E-state index contributed by atoms with van der Waals surface area (Å²) < 4.78 is 0. The monoisotopic (exact) mass is 302 g/mol. The third-order valence-electron chi connectivity index (χ3n) is 4.59. The molecule has 2 aliphatic rings. The SMILES string of the molecule is Cc1cc(C(=O)N2CCCCC2)nc(N2CCCCCC2)n1. The Morgan fingerprint density at radius 3 is 2.18 bits per heavy atom. The van der Waals surface area contributed by atoms with Crippen LogP contribution in [0.5, 0.6) is 0 Å². The number of carbonyl (C=O) groups is 1. The van der Waals surface area contributed by atoms with E-state index in [2.05, 4.69) is 14.9 Å². The highest BCUT2D eigenvalue weighted by Crippen LogP contribution is 2.18. The van der Waals surface area contributed by atoms with E-state index in [1.54, 1.807) is 0 Å². The first-order chi connectivity index (χ1) is 10.7. The number of piperidine rings is 1. The van der Waals surface area contributed by atoms with Gasteiger partial charge in [-0.15, -0.1) is 0 Å². The molecule has 3 rings (SSSR count). The van der Waals surface area contributed by atoms with Crippen LogP contribution in [-0.2, 0) is 0 Å². The van der Waals surface area contributed by atoms with Crippen molar-refractivity contribution in [2.75, 3.05) is 31.1 Å². The van der Waals surface area contributed by atoms with Crippen molar-refractivity contribution in [3.05, 3.63) is 17.5 Å². The Kier molecular flexibility index (Phi) is 4.90. The van der Waals surface area contributed by atoms with Gasteiger partial charge in [0.25, 0.3) is 5.91 Å². The van der Waals surface area contributed by atoms with Gasteiger partial charge in [-0.05, 0) is 45.1 Å². The summed E-state index contributed by atoms with van der Waals surface area (Å²) in [5.74, 6) is 0.809. The molecule has 0 atom stereocenters. The fourth-order valence-electron chi connectivity index (χ4n) is 3.33. The van der Waals surface area contributed by atoms with E-state index in [1.807, 2.05) is 17.9 Å². The minimum Gasteiger partial charge on any atom is -0.341 e. The number of hydrogen-bond donors (Lipinski definition) is 0. The summed E-state index contributed by atoms with van der Waals surface area (Å²) in [5.41, 5.74) is 1.45. The first-order valence-corrected chi connectivity index (χ1v) is 8.64. The quantitative estimate of drug-likeness (QED) is 0.843. The molecule has 3 heterocycles. The van der Waals surface area contributed by atoms with Crippen LogP contribution in [0.3, 0.4) is 0 Å². The summed E-state index contributed by atoms with van der Waals surface area (Å²) in [5, 5.41) is 0. The van der Waals surface area contributed by atoms with E-state index in [0.29, 0.717) is 5.69 Å². The smallest absolute Gasteiger partial charge is 0.272 e. The molecule has 5 heteroatoms. The van der Waals surface area contributed by atoms with Gasteiger partial charge in [0.2, 0.25) is 5.95 Å². The minimum absolute atomic E-state index is 0.0706. The second-order valence-corrected chi connectivity index (χ2v) is 6.45. The van der Waals surface area contributed by atoms with Gasteiger partial charge in [0, 0.05) is 31.9 Å². The second kappa shape index (κ2) is 7.07. The molecule has 1 aromatic heterocycles. The molecule has 0 spiro atoms. The van der Waals surface area contributed by atoms with Crippen LogP contribution in [0, 0.1) is 6.92 Å². The maximum atomic E-state index is 12.7. The zero-order valence-electron chi connectivity index (χ0n) is 13.6. The number of aryl methyl sites for hydroxylation is 1. The molecule has 0 N–H and O–H groups in total. The van der Waals surface area contributed by atoms with Crippen LogP contribution in [0.25, 0.3) is 0 Å². The maximum absolute atomic E-state index is 12.7. The maximum Gasteiger partial charge on any atom is 0.272 e. The molecular weight excluding hydrogens is 276 g/mol. The average molecular weight is 302 g/mol. The third-order valence-corrected chi connectivity index (χ3v) is 4.59. The van der Waals surface area contributed by atoms with E-state index in [9.17, 15) is 4.79 Å². The van der Waals surface area contributed by atoms with Crippen molar-refractivity contribution in [2.24, 2.45) is 0 Å².